The first-order valence-electron chi connectivity index (χ1n) is 4.75. The van der Waals surface area contributed by atoms with Gasteiger partial charge in [0.1, 0.15) is 6.29 Å². The Balaban J connectivity index is 2.59. The number of rotatable bonds is 4. The summed E-state index contributed by atoms with van der Waals surface area (Å²) in [6.07, 6.45) is -4.30. The van der Waals surface area contributed by atoms with Crippen LogP contribution in [0.1, 0.15) is 16.8 Å². The third-order valence-corrected chi connectivity index (χ3v) is 2.20. The molecule has 0 saturated heterocycles. The minimum atomic E-state index is -4.14. The summed E-state index contributed by atoms with van der Waals surface area (Å²) in [6, 6.07) is 6.40. The summed E-state index contributed by atoms with van der Waals surface area (Å²) in [5.74, 6) is 0. The number of halogens is 3. The Morgan fingerprint density at radius 1 is 1.25 bits per heavy atom. The molecule has 0 unspecified atom stereocenters. The maximum atomic E-state index is 12.0. The number of hydrogen-bond donors (Lipinski definition) is 0. The second-order valence-electron chi connectivity index (χ2n) is 3.50. The maximum absolute atomic E-state index is 12.0. The second kappa shape index (κ2) is 5.01. The zero-order chi connectivity index (χ0) is 12.2. The molecule has 0 spiro atoms. The molecule has 5 heteroatoms. The lowest BCUT2D eigenvalue weighted by atomic mass is 10.2. The molecule has 0 saturated carbocycles. The molecule has 0 radical (unpaired) electrons. The standard InChI is InChI=1S/C11H12F3NO/c1-15(7-6-11(12,13)14)10-4-2-9(8-16)3-5-10/h2-5,8H,6-7H2,1H3. The Labute approximate surface area is 91.7 Å². The van der Waals surface area contributed by atoms with Gasteiger partial charge in [0.15, 0.2) is 0 Å². The van der Waals surface area contributed by atoms with Crippen molar-refractivity contribution in [2.75, 3.05) is 18.5 Å². The Morgan fingerprint density at radius 3 is 2.25 bits per heavy atom. The van der Waals surface area contributed by atoms with Crippen LogP contribution >= 0.6 is 0 Å². The Hall–Kier alpha value is -1.52. The fraction of sp³-hybridized carbons (Fsp3) is 0.364. The summed E-state index contributed by atoms with van der Waals surface area (Å²) >= 11 is 0. The van der Waals surface area contributed by atoms with Crippen LogP contribution in [0.5, 0.6) is 0 Å². The van der Waals surface area contributed by atoms with E-state index in [2.05, 4.69) is 0 Å². The van der Waals surface area contributed by atoms with Crippen LogP contribution in [0.25, 0.3) is 0 Å². The summed E-state index contributed by atoms with van der Waals surface area (Å²) < 4.78 is 35.9. The molecule has 0 aromatic heterocycles. The predicted molar refractivity (Wildman–Crippen MR) is 55.8 cm³/mol. The summed E-state index contributed by atoms with van der Waals surface area (Å²) in [5.41, 5.74) is 1.17. The zero-order valence-electron chi connectivity index (χ0n) is 8.79. The van der Waals surface area contributed by atoms with Gasteiger partial charge in [-0.2, -0.15) is 13.2 Å². The molecule has 0 N–H and O–H groups in total. The highest BCUT2D eigenvalue weighted by molar-refractivity contribution is 5.75. The second-order valence-corrected chi connectivity index (χ2v) is 3.50. The van der Waals surface area contributed by atoms with E-state index in [0.29, 0.717) is 17.5 Å². The van der Waals surface area contributed by atoms with Crippen molar-refractivity contribution in [1.29, 1.82) is 0 Å². The van der Waals surface area contributed by atoms with Crippen molar-refractivity contribution in [3.8, 4) is 0 Å². The molecule has 0 amide bonds. The third-order valence-electron chi connectivity index (χ3n) is 2.20. The number of aldehydes is 1. The summed E-state index contributed by atoms with van der Waals surface area (Å²) in [6.45, 7) is -0.0933. The van der Waals surface area contributed by atoms with Gasteiger partial charge in [0.2, 0.25) is 0 Å². The average molecular weight is 231 g/mol. The number of anilines is 1. The van der Waals surface area contributed by atoms with Gasteiger partial charge in [-0.3, -0.25) is 4.79 Å². The number of carbonyl (C=O) groups is 1. The third kappa shape index (κ3) is 3.92. The van der Waals surface area contributed by atoms with E-state index in [0.717, 1.165) is 0 Å². The topological polar surface area (TPSA) is 20.3 Å². The van der Waals surface area contributed by atoms with Crippen molar-refractivity contribution in [2.24, 2.45) is 0 Å². The quantitative estimate of drug-likeness (QED) is 0.742. The van der Waals surface area contributed by atoms with Gasteiger partial charge in [0.25, 0.3) is 0 Å². The van der Waals surface area contributed by atoms with E-state index >= 15 is 0 Å². The lowest BCUT2D eigenvalue weighted by Gasteiger charge is -2.20. The average Bonchev–Trinajstić information content (AvgIpc) is 2.25. The Bertz CT molecular complexity index is 345. The van der Waals surface area contributed by atoms with Crippen LogP contribution in [0.2, 0.25) is 0 Å². The van der Waals surface area contributed by atoms with Gasteiger partial charge in [0.05, 0.1) is 6.42 Å². The largest absolute Gasteiger partial charge is 0.390 e. The van der Waals surface area contributed by atoms with Gasteiger partial charge in [-0.1, -0.05) is 0 Å². The minimum absolute atomic E-state index is 0.0933. The molecule has 1 aromatic rings. The van der Waals surface area contributed by atoms with Crippen molar-refractivity contribution in [3.05, 3.63) is 29.8 Å². The van der Waals surface area contributed by atoms with Gasteiger partial charge in [0, 0.05) is 24.8 Å². The fourth-order valence-electron chi connectivity index (χ4n) is 1.23. The first kappa shape index (κ1) is 12.5. The number of nitrogens with zero attached hydrogens (tertiary/aromatic N) is 1. The highest BCUT2D eigenvalue weighted by Gasteiger charge is 2.27. The number of hydrogen-bond acceptors (Lipinski definition) is 2. The summed E-state index contributed by atoms with van der Waals surface area (Å²) in [5, 5.41) is 0. The first-order valence-corrected chi connectivity index (χ1v) is 4.75. The molecule has 16 heavy (non-hydrogen) atoms. The van der Waals surface area contributed by atoms with Crippen LogP contribution in [0.3, 0.4) is 0 Å². The van der Waals surface area contributed by atoms with Crippen molar-refractivity contribution in [2.45, 2.75) is 12.6 Å². The molecule has 0 aliphatic rings. The van der Waals surface area contributed by atoms with E-state index in [1.165, 1.54) is 4.90 Å². The van der Waals surface area contributed by atoms with E-state index in [9.17, 15) is 18.0 Å². The zero-order valence-corrected chi connectivity index (χ0v) is 8.79. The molecular weight excluding hydrogens is 219 g/mol. The van der Waals surface area contributed by atoms with Crippen LogP contribution < -0.4 is 4.90 Å². The Morgan fingerprint density at radius 2 is 1.81 bits per heavy atom. The highest BCUT2D eigenvalue weighted by Crippen LogP contribution is 2.21. The fourth-order valence-corrected chi connectivity index (χ4v) is 1.23. The smallest absolute Gasteiger partial charge is 0.374 e. The van der Waals surface area contributed by atoms with Crippen LogP contribution in [-0.2, 0) is 0 Å². The number of carbonyl (C=O) groups excluding carboxylic acids is 1. The van der Waals surface area contributed by atoms with Crippen molar-refractivity contribution >= 4 is 12.0 Å². The SMILES string of the molecule is CN(CCC(F)(F)F)c1ccc(C=O)cc1. The first-order chi connectivity index (χ1) is 7.42. The van der Waals surface area contributed by atoms with Gasteiger partial charge < -0.3 is 4.90 Å². The van der Waals surface area contributed by atoms with Gasteiger partial charge >= 0.3 is 6.18 Å². The van der Waals surface area contributed by atoms with Crippen molar-refractivity contribution in [3.63, 3.8) is 0 Å². The Kier molecular flexibility index (Phi) is 3.93. The van der Waals surface area contributed by atoms with Crippen LogP contribution in [0.15, 0.2) is 24.3 Å². The molecule has 1 rings (SSSR count). The molecular formula is C11H12F3NO. The molecule has 0 atom stereocenters. The maximum Gasteiger partial charge on any atom is 0.390 e. The molecule has 0 fully saturated rings. The summed E-state index contributed by atoms with van der Waals surface area (Å²) in [4.78, 5) is 11.9. The molecule has 0 heterocycles. The van der Waals surface area contributed by atoms with E-state index < -0.39 is 12.6 Å². The van der Waals surface area contributed by atoms with Crippen molar-refractivity contribution in [1.82, 2.24) is 0 Å². The lowest BCUT2D eigenvalue weighted by Crippen LogP contribution is -2.23. The molecule has 1 aromatic carbocycles. The molecule has 0 aliphatic carbocycles. The van der Waals surface area contributed by atoms with Gasteiger partial charge in [-0.25, -0.2) is 0 Å². The van der Waals surface area contributed by atoms with E-state index in [1.807, 2.05) is 0 Å². The minimum Gasteiger partial charge on any atom is -0.374 e. The van der Waals surface area contributed by atoms with E-state index in [-0.39, 0.29) is 6.54 Å². The van der Waals surface area contributed by atoms with Gasteiger partial charge in [-0.15, -0.1) is 0 Å². The van der Waals surface area contributed by atoms with Crippen molar-refractivity contribution < 1.29 is 18.0 Å². The van der Waals surface area contributed by atoms with Crippen LogP contribution in [0.4, 0.5) is 18.9 Å². The van der Waals surface area contributed by atoms with Crippen LogP contribution in [0, 0.1) is 0 Å². The molecule has 0 aliphatic heterocycles. The van der Waals surface area contributed by atoms with E-state index in [4.69, 9.17) is 0 Å². The summed E-state index contributed by atoms with van der Waals surface area (Å²) in [7, 11) is 1.58. The molecule has 2 nitrogen and oxygen atoms in total. The normalized spacial score (nSPS) is 11.2. The molecule has 0 bridgehead atoms. The van der Waals surface area contributed by atoms with Gasteiger partial charge in [-0.05, 0) is 24.3 Å². The number of alkyl halides is 3. The van der Waals surface area contributed by atoms with Crippen LogP contribution in [-0.4, -0.2) is 26.1 Å². The highest BCUT2D eigenvalue weighted by atomic mass is 19.4. The lowest BCUT2D eigenvalue weighted by molar-refractivity contribution is -0.132. The monoisotopic (exact) mass is 231 g/mol. The van der Waals surface area contributed by atoms with E-state index in [1.54, 1.807) is 31.3 Å². The number of benzene rings is 1. The molecule has 88 valence electrons. The predicted octanol–water partition coefficient (Wildman–Crippen LogP) is 2.89.